The second kappa shape index (κ2) is 6.75. The summed E-state index contributed by atoms with van der Waals surface area (Å²) in [6.07, 6.45) is 3.67. The Bertz CT molecular complexity index is 449. The van der Waals surface area contributed by atoms with Crippen LogP contribution in [0, 0.1) is 24.2 Å². The molecule has 1 amide bonds. The van der Waals surface area contributed by atoms with E-state index in [1.807, 2.05) is 6.92 Å². The number of carbonyl (C=O) groups excluding carboxylic acids is 1. The van der Waals surface area contributed by atoms with Crippen molar-refractivity contribution in [3.63, 3.8) is 0 Å². The lowest BCUT2D eigenvalue weighted by molar-refractivity contribution is 0.0739. The zero-order chi connectivity index (χ0) is 13.5. The molecule has 4 nitrogen and oxygen atoms in total. The molecule has 4 heteroatoms. The summed E-state index contributed by atoms with van der Waals surface area (Å²) in [5.41, 5.74) is 1.54. The first-order valence-corrected chi connectivity index (χ1v) is 6.13. The van der Waals surface area contributed by atoms with Gasteiger partial charge in [0.2, 0.25) is 0 Å². The molecule has 0 unspecified atom stereocenters. The summed E-state index contributed by atoms with van der Waals surface area (Å²) in [7, 11) is 0. The van der Waals surface area contributed by atoms with Crippen molar-refractivity contribution in [1.29, 1.82) is 5.26 Å². The molecule has 18 heavy (non-hydrogen) atoms. The van der Waals surface area contributed by atoms with Gasteiger partial charge in [-0.3, -0.25) is 9.78 Å². The van der Waals surface area contributed by atoms with Crippen LogP contribution < -0.4 is 0 Å². The Morgan fingerprint density at radius 3 is 2.83 bits per heavy atom. The van der Waals surface area contributed by atoms with Gasteiger partial charge in [0.05, 0.1) is 12.5 Å². The second-order valence-electron chi connectivity index (χ2n) is 4.74. The smallest absolute Gasteiger partial charge is 0.254 e. The Labute approximate surface area is 108 Å². The van der Waals surface area contributed by atoms with Gasteiger partial charge in [0.25, 0.3) is 5.91 Å². The molecule has 1 heterocycles. The molecule has 0 aliphatic rings. The molecule has 0 fully saturated rings. The van der Waals surface area contributed by atoms with Gasteiger partial charge in [0, 0.05) is 31.0 Å². The van der Waals surface area contributed by atoms with E-state index in [1.54, 1.807) is 23.4 Å². The number of rotatable bonds is 5. The Balaban J connectivity index is 2.88. The first kappa shape index (κ1) is 14.2. The van der Waals surface area contributed by atoms with Gasteiger partial charge in [-0.15, -0.1) is 0 Å². The number of nitriles is 1. The van der Waals surface area contributed by atoms with Crippen LogP contribution in [0.15, 0.2) is 18.5 Å². The van der Waals surface area contributed by atoms with Gasteiger partial charge in [0.15, 0.2) is 0 Å². The standard InChI is InChI=1S/C14H19N3O/c1-11(2)10-17(8-4-6-15)14(18)13-5-7-16-9-12(13)3/h5,7,9,11H,4,8,10H2,1-3H3. The Morgan fingerprint density at radius 2 is 2.28 bits per heavy atom. The van der Waals surface area contributed by atoms with Crippen molar-refractivity contribution < 1.29 is 4.79 Å². The van der Waals surface area contributed by atoms with Crippen LogP contribution in [0.1, 0.15) is 36.2 Å². The molecule has 1 rings (SSSR count). The summed E-state index contributed by atoms with van der Waals surface area (Å²) in [6, 6.07) is 3.82. The average molecular weight is 245 g/mol. The molecule has 0 N–H and O–H groups in total. The predicted octanol–water partition coefficient (Wildman–Crippen LogP) is 2.40. The van der Waals surface area contributed by atoms with Gasteiger partial charge >= 0.3 is 0 Å². The maximum absolute atomic E-state index is 12.4. The third kappa shape index (κ3) is 3.85. The Kier molecular flexibility index (Phi) is 5.31. The van der Waals surface area contributed by atoms with E-state index in [0.29, 0.717) is 31.0 Å². The van der Waals surface area contributed by atoms with E-state index in [4.69, 9.17) is 5.26 Å². The highest BCUT2D eigenvalue weighted by atomic mass is 16.2. The van der Waals surface area contributed by atoms with Gasteiger partial charge in [-0.25, -0.2) is 0 Å². The van der Waals surface area contributed by atoms with E-state index in [9.17, 15) is 4.79 Å². The molecule has 0 aliphatic heterocycles. The summed E-state index contributed by atoms with van der Waals surface area (Å²) >= 11 is 0. The molecule has 96 valence electrons. The third-order valence-electron chi connectivity index (χ3n) is 2.62. The van der Waals surface area contributed by atoms with Gasteiger partial charge in [-0.2, -0.15) is 5.26 Å². The maximum atomic E-state index is 12.4. The van der Waals surface area contributed by atoms with Crippen molar-refractivity contribution in [3.05, 3.63) is 29.6 Å². The molecule has 0 spiro atoms. The molecule has 0 radical (unpaired) electrons. The van der Waals surface area contributed by atoms with Gasteiger partial charge in [-0.05, 0) is 24.5 Å². The molecular weight excluding hydrogens is 226 g/mol. The normalized spacial score (nSPS) is 10.2. The summed E-state index contributed by atoms with van der Waals surface area (Å²) < 4.78 is 0. The van der Waals surface area contributed by atoms with Crippen molar-refractivity contribution in [2.24, 2.45) is 5.92 Å². The highest BCUT2D eigenvalue weighted by Crippen LogP contribution is 2.11. The van der Waals surface area contributed by atoms with E-state index in [2.05, 4.69) is 24.9 Å². The largest absolute Gasteiger partial charge is 0.337 e. The molecule has 0 aromatic carbocycles. The Hall–Kier alpha value is -1.89. The number of aryl methyl sites for hydroxylation is 1. The van der Waals surface area contributed by atoms with E-state index >= 15 is 0 Å². The number of carbonyl (C=O) groups is 1. The molecule has 0 saturated heterocycles. The van der Waals surface area contributed by atoms with Crippen LogP contribution in [-0.4, -0.2) is 28.9 Å². The Morgan fingerprint density at radius 1 is 1.56 bits per heavy atom. The monoisotopic (exact) mass is 245 g/mol. The summed E-state index contributed by atoms with van der Waals surface area (Å²) in [4.78, 5) is 18.1. The summed E-state index contributed by atoms with van der Waals surface area (Å²) in [6.45, 7) is 7.15. The topological polar surface area (TPSA) is 57.0 Å². The molecule has 1 aromatic heterocycles. The van der Waals surface area contributed by atoms with Gasteiger partial charge < -0.3 is 4.90 Å². The number of aromatic nitrogens is 1. The van der Waals surface area contributed by atoms with Gasteiger partial charge in [0.1, 0.15) is 0 Å². The van der Waals surface area contributed by atoms with Crippen molar-refractivity contribution in [2.45, 2.75) is 27.2 Å². The molecule has 1 aromatic rings. The predicted molar refractivity (Wildman–Crippen MR) is 69.9 cm³/mol. The van der Waals surface area contributed by atoms with E-state index in [0.717, 1.165) is 5.56 Å². The summed E-state index contributed by atoms with van der Waals surface area (Å²) in [5, 5.41) is 8.66. The van der Waals surface area contributed by atoms with E-state index in [-0.39, 0.29) is 5.91 Å². The van der Waals surface area contributed by atoms with Crippen molar-refractivity contribution in [1.82, 2.24) is 9.88 Å². The minimum atomic E-state index is -0.0150. The minimum Gasteiger partial charge on any atom is -0.337 e. The minimum absolute atomic E-state index is 0.0150. The van der Waals surface area contributed by atoms with Gasteiger partial charge in [-0.1, -0.05) is 13.8 Å². The van der Waals surface area contributed by atoms with E-state index in [1.165, 1.54) is 0 Å². The summed E-state index contributed by atoms with van der Waals surface area (Å²) in [5.74, 6) is 0.369. The first-order valence-electron chi connectivity index (χ1n) is 6.13. The lowest BCUT2D eigenvalue weighted by Crippen LogP contribution is -2.35. The fraction of sp³-hybridized carbons (Fsp3) is 0.500. The van der Waals surface area contributed by atoms with Crippen LogP contribution in [0.5, 0.6) is 0 Å². The van der Waals surface area contributed by atoms with Crippen LogP contribution >= 0.6 is 0 Å². The highest BCUT2D eigenvalue weighted by Gasteiger charge is 2.18. The number of amides is 1. The second-order valence-corrected chi connectivity index (χ2v) is 4.74. The molecule has 0 atom stereocenters. The lowest BCUT2D eigenvalue weighted by atomic mass is 10.1. The number of nitrogens with zero attached hydrogens (tertiary/aromatic N) is 3. The van der Waals surface area contributed by atoms with Crippen LogP contribution in [0.3, 0.4) is 0 Å². The SMILES string of the molecule is Cc1cnccc1C(=O)N(CCC#N)CC(C)C. The fourth-order valence-corrected chi connectivity index (χ4v) is 1.79. The molecule has 0 saturated carbocycles. The third-order valence-corrected chi connectivity index (χ3v) is 2.62. The molecule has 0 aliphatic carbocycles. The number of hydrogen-bond acceptors (Lipinski definition) is 3. The van der Waals surface area contributed by atoms with Crippen LogP contribution in [-0.2, 0) is 0 Å². The van der Waals surface area contributed by atoms with E-state index < -0.39 is 0 Å². The van der Waals surface area contributed by atoms with Crippen molar-refractivity contribution >= 4 is 5.91 Å². The average Bonchev–Trinajstić information content (AvgIpc) is 2.34. The zero-order valence-electron chi connectivity index (χ0n) is 11.2. The van der Waals surface area contributed by atoms with Crippen molar-refractivity contribution in [2.75, 3.05) is 13.1 Å². The zero-order valence-corrected chi connectivity index (χ0v) is 11.2. The quantitative estimate of drug-likeness (QED) is 0.800. The van der Waals surface area contributed by atoms with Crippen LogP contribution in [0.2, 0.25) is 0 Å². The van der Waals surface area contributed by atoms with Crippen molar-refractivity contribution in [3.8, 4) is 6.07 Å². The first-order chi connectivity index (χ1) is 8.56. The lowest BCUT2D eigenvalue weighted by Gasteiger charge is -2.24. The number of hydrogen-bond donors (Lipinski definition) is 0. The highest BCUT2D eigenvalue weighted by molar-refractivity contribution is 5.95. The maximum Gasteiger partial charge on any atom is 0.254 e. The molecular formula is C14H19N3O. The van der Waals surface area contributed by atoms with Crippen LogP contribution in [0.4, 0.5) is 0 Å². The number of pyridine rings is 1. The molecule has 0 bridgehead atoms. The fourth-order valence-electron chi connectivity index (χ4n) is 1.79. The van der Waals surface area contributed by atoms with Crippen LogP contribution in [0.25, 0.3) is 0 Å².